The van der Waals surface area contributed by atoms with Gasteiger partial charge in [-0.3, -0.25) is 4.79 Å². The largest absolute Gasteiger partial charge is 0.493 e. The predicted octanol–water partition coefficient (Wildman–Crippen LogP) is 7.65. The van der Waals surface area contributed by atoms with Crippen molar-refractivity contribution in [3.63, 3.8) is 0 Å². The van der Waals surface area contributed by atoms with Crippen LogP contribution in [0.1, 0.15) is 85.0 Å². The zero-order valence-corrected chi connectivity index (χ0v) is 25.5. The number of azo groups is 1. The topological polar surface area (TPSA) is 118 Å². The van der Waals surface area contributed by atoms with Crippen LogP contribution < -0.4 is 0 Å². The quantitative estimate of drug-likeness (QED) is 0.259. The van der Waals surface area contributed by atoms with Crippen LogP contribution in [0.2, 0.25) is 0 Å². The van der Waals surface area contributed by atoms with E-state index in [9.17, 15) is 20.1 Å². The van der Waals surface area contributed by atoms with Crippen molar-refractivity contribution in [2.45, 2.75) is 97.2 Å². The molecule has 8 heteroatoms. The van der Waals surface area contributed by atoms with Gasteiger partial charge in [0.25, 0.3) is 5.91 Å². The van der Waals surface area contributed by atoms with Gasteiger partial charge in [0, 0.05) is 16.3 Å². The van der Waals surface area contributed by atoms with E-state index in [0.717, 1.165) is 54.9 Å². The van der Waals surface area contributed by atoms with E-state index < -0.39 is 0 Å². The first kappa shape index (κ1) is 28.4. The van der Waals surface area contributed by atoms with Crippen molar-refractivity contribution in [3.05, 3.63) is 22.7 Å². The number of fused-ring (bicyclic) bond motifs is 6. The van der Waals surface area contributed by atoms with E-state index in [1.54, 1.807) is 0 Å². The average molecular weight is 615 g/mol. The standard InChI is InChI=1S/C32H44BrN3O4/c1-17(4-9-27(39)35-36-29-21-16-19(33)5-8-25(21)34-30(29)40)22-6-7-23-28-24(11-13-32(22,23)3)31(2)12-10-20(37)14-18(31)15-26(28)38/h5,8,16-18,20,22-24,26,28,34,37-38,40H,4,6-7,9-15H2,1-3H3/t17-,18-,20+,22-,23+,24+,26-,28+,31+,32-/m1/s1. The van der Waals surface area contributed by atoms with Gasteiger partial charge in [0.05, 0.1) is 17.7 Å². The molecule has 1 aromatic carbocycles. The van der Waals surface area contributed by atoms with Crippen LogP contribution in [0.3, 0.4) is 0 Å². The minimum absolute atomic E-state index is 0.0898. The molecule has 6 rings (SSSR count). The van der Waals surface area contributed by atoms with Crippen molar-refractivity contribution in [1.29, 1.82) is 0 Å². The van der Waals surface area contributed by atoms with Crippen molar-refractivity contribution in [2.24, 2.45) is 56.6 Å². The number of H-pyrrole nitrogens is 1. The third kappa shape index (κ3) is 4.66. The minimum atomic E-state index is -0.268. The number of aliphatic hydroxyl groups excluding tert-OH is 2. The van der Waals surface area contributed by atoms with Crippen LogP contribution in [0.15, 0.2) is 32.9 Å². The number of aliphatic hydroxyl groups is 2. The molecule has 2 aromatic rings. The summed E-state index contributed by atoms with van der Waals surface area (Å²) in [6, 6.07) is 5.56. The summed E-state index contributed by atoms with van der Waals surface area (Å²) in [7, 11) is 0. The number of rotatable bonds is 5. The number of nitrogens with one attached hydrogen (secondary N) is 1. The van der Waals surface area contributed by atoms with Crippen LogP contribution in [0.4, 0.5) is 5.69 Å². The molecule has 4 fully saturated rings. The van der Waals surface area contributed by atoms with Crippen LogP contribution in [-0.4, -0.2) is 38.4 Å². The molecule has 4 saturated carbocycles. The molecule has 218 valence electrons. The fourth-order valence-electron chi connectivity index (χ4n) is 10.1. The molecule has 4 aliphatic rings. The minimum Gasteiger partial charge on any atom is -0.493 e. The first-order chi connectivity index (χ1) is 19.0. The summed E-state index contributed by atoms with van der Waals surface area (Å²) < 4.78 is 0.861. The Morgan fingerprint density at radius 3 is 2.65 bits per heavy atom. The number of hydrogen-bond acceptors (Lipinski definition) is 5. The Kier molecular flexibility index (Phi) is 7.44. The van der Waals surface area contributed by atoms with Crippen molar-refractivity contribution >= 4 is 38.4 Å². The van der Waals surface area contributed by atoms with Gasteiger partial charge in [-0.2, -0.15) is 0 Å². The second kappa shape index (κ2) is 10.5. The molecule has 0 unspecified atom stereocenters. The second-order valence-corrected chi connectivity index (χ2v) is 15.0. The number of carbonyl (C=O) groups excluding carboxylic acids is 1. The highest BCUT2D eigenvalue weighted by Gasteiger charge is 2.62. The number of aromatic nitrogens is 1. The van der Waals surface area contributed by atoms with Crippen LogP contribution >= 0.6 is 15.9 Å². The average Bonchev–Trinajstić information content (AvgIpc) is 3.42. The fraction of sp³-hybridized carbons (Fsp3) is 0.719. The highest BCUT2D eigenvalue weighted by atomic mass is 79.9. The van der Waals surface area contributed by atoms with Gasteiger partial charge in [-0.1, -0.05) is 36.7 Å². The number of nitrogens with zero attached hydrogens (tertiary/aromatic N) is 2. The summed E-state index contributed by atoms with van der Waals surface area (Å²) in [6.45, 7) is 7.21. The van der Waals surface area contributed by atoms with Gasteiger partial charge < -0.3 is 20.3 Å². The smallest absolute Gasteiger partial charge is 0.264 e. The Hall–Kier alpha value is -1.77. The molecule has 0 spiro atoms. The molecule has 0 radical (unpaired) electrons. The molecule has 0 aliphatic heterocycles. The maximum Gasteiger partial charge on any atom is 0.264 e. The first-order valence-electron chi connectivity index (χ1n) is 15.3. The Morgan fingerprint density at radius 2 is 1.85 bits per heavy atom. The fourth-order valence-corrected chi connectivity index (χ4v) is 10.5. The van der Waals surface area contributed by atoms with Crippen LogP contribution in [0.25, 0.3) is 10.9 Å². The molecule has 4 aliphatic carbocycles. The van der Waals surface area contributed by atoms with E-state index in [0.29, 0.717) is 47.3 Å². The Balaban J connectivity index is 1.11. The zero-order valence-electron chi connectivity index (χ0n) is 23.9. The van der Waals surface area contributed by atoms with Crippen molar-refractivity contribution in [3.8, 4) is 5.88 Å². The molecule has 40 heavy (non-hydrogen) atoms. The van der Waals surface area contributed by atoms with Gasteiger partial charge in [-0.25, -0.2) is 0 Å². The molecule has 10 atom stereocenters. The van der Waals surface area contributed by atoms with Gasteiger partial charge >= 0.3 is 0 Å². The van der Waals surface area contributed by atoms with E-state index in [4.69, 9.17) is 0 Å². The van der Waals surface area contributed by atoms with E-state index in [2.05, 4.69) is 51.9 Å². The van der Waals surface area contributed by atoms with Gasteiger partial charge in [-0.15, -0.1) is 10.2 Å². The van der Waals surface area contributed by atoms with Gasteiger partial charge in [0.1, 0.15) is 0 Å². The molecule has 4 N–H and O–H groups in total. The summed E-state index contributed by atoms with van der Waals surface area (Å²) in [5.74, 6) is 2.42. The van der Waals surface area contributed by atoms with Crippen molar-refractivity contribution < 1.29 is 20.1 Å². The van der Waals surface area contributed by atoms with Crippen molar-refractivity contribution in [2.75, 3.05) is 0 Å². The second-order valence-electron chi connectivity index (χ2n) is 14.1. The lowest BCUT2D eigenvalue weighted by Crippen LogP contribution is -2.58. The summed E-state index contributed by atoms with van der Waals surface area (Å²) in [4.78, 5) is 15.6. The number of benzene rings is 1. The number of carbonyl (C=O) groups is 1. The Bertz CT molecular complexity index is 1310. The van der Waals surface area contributed by atoms with Gasteiger partial charge in [0.15, 0.2) is 5.69 Å². The number of aromatic hydroxyl groups is 1. The lowest BCUT2D eigenvalue weighted by atomic mass is 9.43. The molecule has 1 heterocycles. The molecule has 1 amide bonds. The Labute approximate surface area is 245 Å². The lowest BCUT2D eigenvalue weighted by Gasteiger charge is -2.62. The monoisotopic (exact) mass is 613 g/mol. The summed E-state index contributed by atoms with van der Waals surface area (Å²) in [5, 5.41) is 40.9. The highest BCUT2D eigenvalue weighted by Crippen LogP contribution is 2.68. The summed E-state index contributed by atoms with van der Waals surface area (Å²) in [5.41, 5.74) is 1.45. The molecule has 1 aromatic heterocycles. The SMILES string of the molecule is C[C@H](CCC(=O)N=Nc1c(O)[nH]c2ccc(Br)cc12)[C@H]1CC[C@H]2[C@@H]3[C@H](O)C[C@H]4C[C@@H](O)CC[C@]4(C)[C@H]3CC[C@]12C. The lowest BCUT2D eigenvalue weighted by molar-refractivity contribution is -0.174. The van der Waals surface area contributed by atoms with E-state index in [-0.39, 0.29) is 40.5 Å². The predicted molar refractivity (Wildman–Crippen MR) is 158 cm³/mol. The zero-order chi connectivity index (χ0) is 28.4. The molecule has 0 bridgehead atoms. The Morgan fingerprint density at radius 1 is 1.10 bits per heavy atom. The maximum absolute atomic E-state index is 12.7. The van der Waals surface area contributed by atoms with E-state index in [1.165, 1.54) is 12.8 Å². The van der Waals surface area contributed by atoms with E-state index in [1.807, 2.05) is 18.2 Å². The maximum atomic E-state index is 12.7. The summed E-state index contributed by atoms with van der Waals surface area (Å²) >= 11 is 3.44. The molecule has 0 saturated heterocycles. The molecular weight excluding hydrogens is 570 g/mol. The molecule has 7 nitrogen and oxygen atoms in total. The van der Waals surface area contributed by atoms with Gasteiger partial charge in [-0.05, 0) is 122 Å². The third-order valence-electron chi connectivity index (χ3n) is 12.2. The number of aromatic amines is 1. The highest BCUT2D eigenvalue weighted by molar-refractivity contribution is 9.10. The van der Waals surface area contributed by atoms with Crippen molar-refractivity contribution in [1.82, 2.24) is 4.98 Å². The van der Waals surface area contributed by atoms with Crippen LogP contribution in [0, 0.1) is 46.3 Å². The first-order valence-corrected chi connectivity index (χ1v) is 16.1. The number of halogens is 1. The van der Waals surface area contributed by atoms with E-state index >= 15 is 0 Å². The summed E-state index contributed by atoms with van der Waals surface area (Å²) in [6.07, 6.45) is 8.98. The van der Waals surface area contributed by atoms with Crippen LogP contribution in [-0.2, 0) is 4.79 Å². The van der Waals surface area contributed by atoms with Gasteiger partial charge in [0.2, 0.25) is 5.88 Å². The number of amides is 1. The number of hydrogen-bond donors (Lipinski definition) is 4. The third-order valence-corrected chi connectivity index (χ3v) is 12.7. The van der Waals surface area contributed by atoms with Crippen LogP contribution in [0.5, 0.6) is 5.88 Å². The molecular formula is C32H44BrN3O4. The normalized spacial score (nSPS) is 40.1.